The maximum atomic E-state index is 12.3. The topological polar surface area (TPSA) is 77.2 Å². The van der Waals surface area contributed by atoms with Gasteiger partial charge in [0.15, 0.2) is 0 Å². The molecule has 2 heterocycles. The molecule has 0 aliphatic rings. The third-order valence-electron chi connectivity index (χ3n) is 3.56. The van der Waals surface area contributed by atoms with Crippen molar-refractivity contribution >= 4 is 22.5 Å². The highest BCUT2D eigenvalue weighted by Crippen LogP contribution is 2.15. The van der Waals surface area contributed by atoms with Gasteiger partial charge in [0.2, 0.25) is 0 Å². The molecule has 1 aromatic carbocycles. The fourth-order valence-corrected chi connectivity index (χ4v) is 2.53. The first-order chi connectivity index (χ1) is 11.6. The van der Waals surface area contributed by atoms with Crippen molar-refractivity contribution in [3.05, 3.63) is 70.0 Å². The number of halogens is 1. The number of hydrogen-bond acceptors (Lipinski definition) is 5. The molecule has 0 saturated carbocycles. The molecule has 0 saturated heterocycles. The van der Waals surface area contributed by atoms with Gasteiger partial charge in [-0.1, -0.05) is 29.8 Å². The number of aliphatic hydroxyl groups excluding tert-OH is 1. The van der Waals surface area contributed by atoms with E-state index < -0.39 is 6.10 Å². The van der Waals surface area contributed by atoms with Crippen molar-refractivity contribution in [2.45, 2.75) is 19.3 Å². The van der Waals surface area contributed by atoms with Crippen LogP contribution in [0.2, 0.25) is 5.02 Å². The predicted molar refractivity (Wildman–Crippen MR) is 90.9 cm³/mol. The minimum Gasteiger partial charge on any atom is -0.389 e. The largest absolute Gasteiger partial charge is 0.389 e. The molecule has 0 amide bonds. The van der Waals surface area contributed by atoms with E-state index in [4.69, 9.17) is 16.3 Å². The summed E-state index contributed by atoms with van der Waals surface area (Å²) in [5, 5.41) is 11.2. The van der Waals surface area contributed by atoms with Gasteiger partial charge in [0.05, 0.1) is 49.3 Å². The average Bonchev–Trinajstić information content (AvgIpc) is 2.59. The molecule has 3 aromatic rings. The Hall–Kier alpha value is -2.28. The van der Waals surface area contributed by atoms with Crippen LogP contribution in [0.25, 0.3) is 10.9 Å². The van der Waals surface area contributed by atoms with E-state index in [1.165, 1.54) is 17.1 Å². The molecule has 0 aliphatic carbocycles. The number of rotatable bonds is 6. The maximum Gasteiger partial charge on any atom is 0.261 e. The van der Waals surface area contributed by atoms with E-state index in [0.29, 0.717) is 22.5 Å². The van der Waals surface area contributed by atoms with Gasteiger partial charge in [-0.25, -0.2) is 4.98 Å². The first-order valence-corrected chi connectivity index (χ1v) is 7.81. The van der Waals surface area contributed by atoms with Gasteiger partial charge in [-0.15, -0.1) is 0 Å². The van der Waals surface area contributed by atoms with Crippen LogP contribution in [0.5, 0.6) is 0 Å². The van der Waals surface area contributed by atoms with Crippen molar-refractivity contribution in [1.29, 1.82) is 0 Å². The highest BCUT2D eigenvalue weighted by atomic mass is 35.5. The summed E-state index contributed by atoms with van der Waals surface area (Å²) in [4.78, 5) is 20.4. The van der Waals surface area contributed by atoms with Crippen molar-refractivity contribution in [3.63, 3.8) is 0 Å². The van der Waals surface area contributed by atoms with E-state index >= 15 is 0 Å². The van der Waals surface area contributed by atoms with Crippen LogP contribution in [0, 0.1) is 0 Å². The van der Waals surface area contributed by atoms with Gasteiger partial charge in [-0.3, -0.25) is 14.3 Å². The number of pyridine rings is 1. The molecule has 6 nitrogen and oxygen atoms in total. The summed E-state index contributed by atoms with van der Waals surface area (Å²) in [7, 11) is 0. The Morgan fingerprint density at radius 1 is 1.29 bits per heavy atom. The molecule has 0 fully saturated rings. The number of nitrogens with zero attached hydrogens (tertiary/aromatic N) is 3. The van der Waals surface area contributed by atoms with Crippen molar-refractivity contribution in [2.24, 2.45) is 0 Å². The summed E-state index contributed by atoms with van der Waals surface area (Å²) < 4.78 is 6.85. The number of benzene rings is 1. The highest BCUT2D eigenvalue weighted by molar-refractivity contribution is 6.31. The van der Waals surface area contributed by atoms with Gasteiger partial charge < -0.3 is 9.84 Å². The quantitative estimate of drug-likeness (QED) is 0.739. The lowest BCUT2D eigenvalue weighted by atomic mass is 10.2. The first kappa shape index (κ1) is 16.6. The Balaban J connectivity index is 1.61. The van der Waals surface area contributed by atoms with Crippen LogP contribution >= 0.6 is 11.6 Å². The van der Waals surface area contributed by atoms with Crippen LogP contribution in [0.1, 0.15) is 5.56 Å². The summed E-state index contributed by atoms with van der Waals surface area (Å²) in [5.74, 6) is 0. The molecule has 0 radical (unpaired) electrons. The molecular weight excluding hydrogens is 330 g/mol. The second kappa shape index (κ2) is 7.53. The van der Waals surface area contributed by atoms with Crippen molar-refractivity contribution in [2.75, 3.05) is 6.61 Å². The van der Waals surface area contributed by atoms with Crippen LogP contribution < -0.4 is 5.56 Å². The smallest absolute Gasteiger partial charge is 0.261 e. The Bertz CT molecular complexity index is 897. The molecule has 7 heteroatoms. The zero-order valence-corrected chi connectivity index (χ0v) is 13.6. The van der Waals surface area contributed by atoms with Gasteiger partial charge in [-0.2, -0.15) is 0 Å². The second-order valence-electron chi connectivity index (χ2n) is 5.36. The van der Waals surface area contributed by atoms with E-state index in [2.05, 4.69) is 9.97 Å². The van der Waals surface area contributed by atoms with Gasteiger partial charge in [0.25, 0.3) is 5.56 Å². The SMILES string of the molecule is O=c1c2ccncc2ncn1CC(O)COCc1ccccc1Cl. The molecule has 0 spiro atoms. The van der Waals surface area contributed by atoms with Gasteiger partial charge >= 0.3 is 0 Å². The Morgan fingerprint density at radius 2 is 2.12 bits per heavy atom. The molecular formula is C17H16ClN3O3. The monoisotopic (exact) mass is 345 g/mol. The summed E-state index contributed by atoms with van der Waals surface area (Å²) in [6, 6.07) is 8.97. The molecule has 0 bridgehead atoms. The Labute approximate surface area is 143 Å². The van der Waals surface area contributed by atoms with Crippen LogP contribution in [-0.2, 0) is 17.9 Å². The summed E-state index contributed by atoms with van der Waals surface area (Å²) >= 11 is 6.04. The van der Waals surface area contributed by atoms with Gasteiger partial charge in [0, 0.05) is 11.2 Å². The summed E-state index contributed by atoms with van der Waals surface area (Å²) in [6.45, 7) is 0.492. The molecule has 1 N–H and O–H groups in total. The molecule has 3 rings (SSSR count). The van der Waals surface area contributed by atoms with Crippen LogP contribution in [0.15, 0.2) is 53.8 Å². The number of hydrogen-bond donors (Lipinski definition) is 1. The molecule has 1 atom stereocenters. The number of aliphatic hydroxyl groups is 1. The van der Waals surface area contributed by atoms with Crippen molar-refractivity contribution in [3.8, 4) is 0 Å². The van der Waals surface area contributed by atoms with Crippen molar-refractivity contribution in [1.82, 2.24) is 14.5 Å². The lowest BCUT2D eigenvalue weighted by molar-refractivity contribution is 0.0198. The minimum atomic E-state index is -0.828. The number of aromatic nitrogens is 3. The maximum absolute atomic E-state index is 12.3. The lowest BCUT2D eigenvalue weighted by Crippen LogP contribution is -2.29. The fourth-order valence-electron chi connectivity index (χ4n) is 2.34. The molecule has 2 aromatic heterocycles. The molecule has 24 heavy (non-hydrogen) atoms. The standard InChI is InChI=1S/C17H16ClN3O3/c18-15-4-2-1-3-12(15)9-24-10-13(22)8-21-11-20-16-7-19-6-5-14(16)17(21)23/h1-7,11,13,22H,8-10H2. The van der Waals surface area contributed by atoms with Crippen LogP contribution in [-0.4, -0.2) is 32.4 Å². The third-order valence-corrected chi connectivity index (χ3v) is 3.93. The number of ether oxygens (including phenoxy) is 1. The summed E-state index contributed by atoms with van der Waals surface area (Å²) in [6.07, 6.45) is 3.65. The normalized spacial score (nSPS) is 12.4. The third kappa shape index (κ3) is 3.79. The zero-order valence-electron chi connectivity index (χ0n) is 12.8. The average molecular weight is 346 g/mol. The molecule has 124 valence electrons. The van der Waals surface area contributed by atoms with Gasteiger partial charge in [-0.05, 0) is 17.7 Å². The van der Waals surface area contributed by atoms with Gasteiger partial charge in [0.1, 0.15) is 0 Å². The van der Waals surface area contributed by atoms with E-state index in [-0.39, 0.29) is 18.7 Å². The first-order valence-electron chi connectivity index (χ1n) is 7.43. The van der Waals surface area contributed by atoms with Crippen LogP contribution in [0.3, 0.4) is 0 Å². The Kier molecular flexibility index (Phi) is 5.20. The Morgan fingerprint density at radius 3 is 2.96 bits per heavy atom. The fraction of sp³-hybridized carbons (Fsp3) is 0.235. The van der Waals surface area contributed by atoms with Crippen LogP contribution in [0.4, 0.5) is 0 Å². The minimum absolute atomic E-state index is 0.0893. The number of fused-ring (bicyclic) bond motifs is 1. The van der Waals surface area contributed by atoms with E-state index in [1.807, 2.05) is 18.2 Å². The lowest BCUT2D eigenvalue weighted by Gasteiger charge is -2.13. The van der Waals surface area contributed by atoms with Crippen molar-refractivity contribution < 1.29 is 9.84 Å². The molecule has 0 aliphatic heterocycles. The molecule has 1 unspecified atom stereocenters. The second-order valence-corrected chi connectivity index (χ2v) is 5.76. The predicted octanol–water partition coefficient (Wildman–Crippen LogP) is 2.02. The summed E-state index contributed by atoms with van der Waals surface area (Å²) in [5.41, 5.74) is 1.17. The zero-order chi connectivity index (χ0) is 16.9. The highest BCUT2D eigenvalue weighted by Gasteiger charge is 2.10. The van der Waals surface area contributed by atoms with E-state index in [0.717, 1.165) is 5.56 Å². The van der Waals surface area contributed by atoms with E-state index in [1.54, 1.807) is 18.3 Å². The van der Waals surface area contributed by atoms with E-state index in [9.17, 15) is 9.90 Å².